The van der Waals surface area contributed by atoms with E-state index in [0.29, 0.717) is 0 Å². The van der Waals surface area contributed by atoms with Crippen molar-refractivity contribution in [3.63, 3.8) is 0 Å². The molecule has 1 aliphatic rings. The molecule has 0 aliphatic heterocycles. The van der Waals surface area contributed by atoms with Gasteiger partial charge in [0.05, 0.1) is 0 Å². The number of rotatable bonds is 3. The summed E-state index contributed by atoms with van der Waals surface area (Å²) in [6.45, 7) is 3.38. The van der Waals surface area contributed by atoms with Crippen molar-refractivity contribution < 1.29 is 14.7 Å². The van der Waals surface area contributed by atoms with Crippen LogP contribution < -0.4 is 0 Å². The Morgan fingerprint density at radius 1 is 1.38 bits per heavy atom. The molecule has 0 spiro atoms. The van der Waals surface area contributed by atoms with Crippen molar-refractivity contribution >= 4 is 11.8 Å². The van der Waals surface area contributed by atoms with Crippen LogP contribution in [-0.2, 0) is 9.59 Å². The van der Waals surface area contributed by atoms with Crippen molar-refractivity contribution in [3.8, 4) is 11.8 Å². The highest BCUT2D eigenvalue weighted by Gasteiger charge is 2.23. The van der Waals surface area contributed by atoms with E-state index in [9.17, 15) is 9.59 Å². The number of hydrogen-bond acceptors (Lipinski definition) is 2. The van der Waals surface area contributed by atoms with Crippen LogP contribution in [0, 0.1) is 23.7 Å². The molecular formula is C13H14O3. The summed E-state index contributed by atoms with van der Waals surface area (Å²) in [5.74, 6) is 3.90. The average molecular weight is 218 g/mol. The highest BCUT2D eigenvalue weighted by Crippen LogP contribution is 2.32. The van der Waals surface area contributed by atoms with Gasteiger partial charge in [-0.1, -0.05) is 25.0 Å². The van der Waals surface area contributed by atoms with E-state index in [4.69, 9.17) is 5.11 Å². The highest BCUT2D eigenvalue weighted by atomic mass is 16.4. The van der Waals surface area contributed by atoms with Crippen LogP contribution in [0.3, 0.4) is 0 Å². The van der Waals surface area contributed by atoms with Crippen molar-refractivity contribution in [2.24, 2.45) is 11.8 Å². The SMILES string of the molecule is C=CC(=O)C=CC1CCCC1C#CC(=O)O. The third-order valence-corrected chi connectivity index (χ3v) is 2.64. The number of carboxylic acids is 1. The first-order valence-electron chi connectivity index (χ1n) is 5.22. The van der Waals surface area contributed by atoms with Gasteiger partial charge in [-0.25, -0.2) is 4.79 Å². The minimum absolute atomic E-state index is 0.0602. The molecular weight excluding hydrogens is 204 g/mol. The summed E-state index contributed by atoms with van der Waals surface area (Å²) in [7, 11) is 0. The van der Waals surface area contributed by atoms with Crippen LogP contribution in [0.1, 0.15) is 19.3 Å². The average Bonchev–Trinajstić information content (AvgIpc) is 2.70. The van der Waals surface area contributed by atoms with Crippen molar-refractivity contribution in [2.45, 2.75) is 19.3 Å². The smallest absolute Gasteiger partial charge is 0.381 e. The first-order valence-corrected chi connectivity index (χ1v) is 5.22. The van der Waals surface area contributed by atoms with E-state index >= 15 is 0 Å². The second-order valence-electron chi connectivity index (χ2n) is 3.74. The standard InChI is InChI=1S/C13H14O3/c1-2-12(14)8-6-10-4-3-5-11(10)7-9-13(15)16/h2,6,8,10-11H,1,3-5H2,(H,15,16). The Bertz CT molecular complexity index is 382. The lowest BCUT2D eigenvalue weighted by molar-refractivity contribution is -0.130. The van der Waals surface area contributed by atoms with Crippen LogP contribution in [0.2, 0.25) is 0 Å². The molecule has 3 nitrogen and oxygen atoms in total. The van der Waals surface area contributed by atoms with E-state index in [1.807, 2.05) is 6.08 Å². The van der Waals surface area contributed by atoms with Crippen molar-refractivity contribution in [3.05, 3.63) is 24.8 Å². The van der Waals surface area contributed by atoms with Crippen molar-refractivity contribution in [2.75, 3.05) is 0 Å². The topological polar surface area (TPSA) is 54.4 Å². The Kier molecular flexibility index (Phi) is 4.53. The van der Waals surface area contributed by atoms with Crippen LogP contribution in [0.25, 0.3) is 0 Å². The molecule has 2 atom stereocenters. The first kappa shape index (κ1) is 12.3. The van der Waals surface area contributed by atoms with Gasteiger partial charge in [0.2, 0.25) is 0 Å². The molecule has 3 heteroatoms. The largest absolute Gasteiger partial charge is 0.472 e. The molecule has 84 valence electrons. The monoisotopic (exact) mass is 218 g/mol. The number of carboxylic acid groups (broad SMARTS) is 1. The van der Waals surface area contributed by atoms with Gasteiger partial charge in [-0.3, -0.25) is 4.79 Å². The fraction of sp³-hybridized carbons (Fsp3) is 0.385. The Hall–Kier alpha value is -1.82. The Labute approximate surface area is 94.9 Å². The number of carbonyl (C=O) groups is 2. The minimum atomic E-state index is -1.10. The van der Waals surface area contributed by atoms with Crippen molar-refractivity contribution in [1.29, 1.82) is 0 Å². The molecule has 0 amide bonds. The molecule has 1 fully saturated rings. The summed E-state index contributed by atoms with van der Waals surface area (Å²) in [4.78, 5) is 21.3. The first-order chi connectivity index (χ1) is 7.63. The van der Waals surface area contributed by atoms with Gasteiger partial charge < -0.3 is 5.11 Å². The zero-order chi connectivity index (χ0) is 12.0. The third kappa shape index (κ3) is 3.74. The van der Waals surface area contributed by atoms with Gasteiger partial charge in [0, 0.05) is 11.8 Å². The molecule has 0 heterocycles. The van der Waals surface area contributed by atoms with Gasteiger partial charge >= 0.3 is 5.97 Å². The van der Waals surface area contributed by atoms with Crippen LogP contribution in [0.15, 0.2) is 24.8 Å². The molecule has 0 aromatic heterocycles. The Morgan fingerprint density at radius 2 is 2.12 bits per heavy atom. The maximum absolute atomic E-state index is 11.0. The fourth-order valence-electron chi connectivity index (χ4n) is 1.84. The molecule has 0 bridgehead atoms. The molecule has 16 heavy (non-hydrogen) atoms. The van der Waals surface area contributed by atoms with Crippen LogP contribution >= 0.6 is 0 Å². The normalized spacial score (nSPS) is 23.8. The summed E-state index contributed by atoms with van der Waals surface area (Å²) in [6.07, 6.45) is 7.44. The van der Waals surface area contributed by atoms with E-state index in [-0.39, 0.29) is 17.6 Å². The van der Waals surface area contributed by atoms with Crippen molar-refractivity contribution in [1.82, 2.24) is 0 Å². The number of ketones is 1. The Balaban J connectivity index is 2.63. The predicted octanol–water partition coefficient (Wildman–Crippen LogP) is 1.80. The van der Waals surface area contributed by atoms with Gasteiger partial charge in [0.15, 0.2) is 5.78 Å². The van der Waals surface area contributed by atoms with Gasteiger partial charge in [-0.2, -0.15) is 0 Å². The number of carbonyl (C=O) groups excluding carboxylic acids is 1. The lowest BCUT2D eigenvalue weighted by Gasteiger charge is -2.07. The molecule has 0 saturated heterocycles. The molecule has 1 saturated carbocycles. The molecule has 2 unspecified atom stereocenters. The van der Waals surface area contributed by atoms with E-state index in [1.54, 1.807) is 0 Å². The van der Waals surface area contributed by atoms with Gasteiger partial charge in [0.1, 0.15) is 0 Å². The quantitative estimate of drug-likeness (QED) is 0.580. The summed E-state index contributed by atoms with van der Waals surface area (Å²) in [5, 5.41) is 8.46. The van der Waals surface area contributed by atoms with E-state index in [1.165, 1.54) is 12.2 Å². The minimum Gasteiger partial charge on any atom is -0.472 e. The van der Waals surface area contributed by atoms with E-state index in [0.717, 1.165) is 19.3 Å². The zero-order valence-corrected chi connectivity index (χ0v) is 8.98. The van der Waals surface area contributed by atoms with Crippen LogP contribution in [0.5, 0.6) is 0 Å². The summed E-state index contributed by atoms with van der Waals surface area (Å²) < 4.78 is 0. The fourth-order valence-corrected chi connectivity index (χ4v) is 1.84. The van der Waals surface area contributed by atoms with Crippen LogP contribution in [0.4, 0.5) is 0 Å². The summed E-state index contributed by atoms with van der Waals surface area (Å²) >= 11 is 0. The second-order valence-corrected chi connectivity index (χ2v) is 3.74. The number of hydrogen-bond donors (Lipinski definition) is 1. The predicted molar refractivity (Wildman–Crippen MR) is 60.6 cm³/mol. The second kappa shape index (κ2) is 5.92. The molecule has 1 rings (SSSR count). The lowest BCUT2D eigenvalue weighted by atomic mass is 9.96. The number of allylic oxidation sites excluding steroid dienone is 3. The van der Waals surface area contributed by atoms with Crippen LogP contribution in [-0.4, -0.2) is 16.9 Å². The lowest BCUT2D eigenvalue weighted by Crippen LogP contribution is -2.04. The molecule has 0 radical (unpaired) electrons. The Morgan fingerprint density at radius 3 is 2.75 bits per heavy atom. The highest BCUT2D eigenvalue weighted by molar-refractivity contribution is 5.98. The molecule has 0 aromatic carbocycles. The van der Waals surface area contributed by atoms with E-state index in [2.05, 4.69) is 18.4 Å². The summed E-state index contributed by atoms with van der Waals surface area (Å²) in [6, 6.07) is 0. The van der Waals surface area contributed by atoms with Gasteiger partial charge in [0.25, 0.3) is 0 Å². The molecule has 1 N–H and O–H groups in total. The van der Waals surface area contributed by atoms with Gasteiger partial charge in [-0.05, 0) is 30.9 Å². The maximum Gasteiger partial charge on any atom is 0.381 e. The third-order valence-electron chi connectivity index (χ3n) is 2.64. The summed E-state index contributed by atoms with van der Waals surface area (Å²) in [5.41, 5.74) is 0. The van der Waals surface area contributed by atoms with Gasteiger partial charge in [-0.15, -0.1) is 0 Å². The number of aliphatic carboxylic acids is 1. The zero-order valence-electron chi connectivity index (χ0n) is 8.98. The maximum atomic E-state index is 11.0. The van der Waals surface area contributed by atoms with E-state index < -0.39 is 5.97 Å². The molecule has 0 aromatic rings. The molecule has 1 aliphatic carbocycles.